The van der Waals surface area contributed by atoms with E-state index < -0.39 is 0 Å². The lowest BCUT2D eigenvalue weighted by Crippen LogP contribution is -2.39. The summed E-state index contributed by atoms with van der Waals surface area (Å²) in [5.74, 6) is 0.640. The van der Waals surface area contributed by atoms with Crippen LogP contribution < -0.4 is 5.73 Å². The second kappa shape index (κ2) is 8.84. The van der Waals surface area contributed by atoms with Crippen LogP contribution in [0, 0.1) is 6.92 Å². The monoisotopic (exact) mass is 420 g/mol. The maximum atomic E-state index is 12.9. The number of nitrogens with two attached hydrogens (primary N) is 1. The molecule has 1 unspecified atom stereocenters. The van der Waals surface area contributed by atoms with E-state index in [1.165, 1.54) is 11.1 Å². The highest BCUT2D eigenvalue weighted by molar-refractivity contribution is 6.30. The van der Waals surface area contributed by atoms with Gasteiger partial charge in [-0.3, -0.25) is 9.78 Å². The van der Waals surface area contributed by atoms with Gasteiger partial charge in [0.15, 0.2) is 0 Å². The van der Waals surface area contributed by atoms with Gasteiger partial charge in [-0.1, -0.05) is 23.7 Å². The van der Waals surface area contributed by atoms with Crippen LogP contribution >= 0.6 is 11.6 Å². The summed E-state index contributed by atoms with van der Waals surface area (Å²) in [4.78, 5) is 23.7. The minimum Gasteiger partial charge on any atom is -0.384 e. The van der Waals surface area contributed by atoms with Gasteiger partial charge in [0.1, 0.15) is 5.82 Å². The Hall–Kier alpha value is -2.92. The molecule has 2 N–H and O–H groups in total. The second-order valence-electron chi connectivity index (χ2n) is 7.91. The molecule has 5 nitrogen and oxygen atoms in total. The smallest absolute Gasteiger partial charge is 0.255 e. The molecule has 1 saturated heterocycles. The number of hydrogen-bond donors (Lipinski definition) is 1. The van der Waals surface area contributed by atoms with E-state index in [1.807, 2.05) is 30.0 Å². The molecule has 30 heavy (non-hydrogen) atoms. The predicted molar refractivity (Wildman–Crippen MR) is 120 cm³/mol. The van der Waals surface area contributed by atoms with Crippen molar-refractivity contribution in [2.75, 3.05) is 18.8 Å². The number of carbonyl (C=O) groups is 1. The van der Waals surface area contributed by atoms with Gasteiger partial charge in [0, 0.05) is 41.6 Å². The SMILES string of the molecule is Cc1cc(Cc2cccc(Cl)c2)cc(C2CCCN(C(=O)c3ccc(N)nc3)C2)n1. The van der Waals surface area contributed by atoms with E-state index in [0.29, 0.717) is 17.9 Å². The summed E-state index contributed by atoms with van der Waals surface area (Å²) < 4.78 is 0. The van der Waals surface area contributed by atoms with Gasteiger partial charge in [0.05, 0.1) is 5.56 Å². The molecule has 4 rings (SSSR count). The van der Waals surface area contributed by atoms with Crippen molar-refractivity contribution in [3.8, 4) is 0 Å². The van der Waals surface area contributed by atoms with Gasteiger partial charge in [-0.2, -0.15) is 0 Å². The fraction of sp³-hybridized carbons (Fsp3) is 0.292. The molecule has 3 heterocycles. The average molecular weight is 421 g/mol. The maximum Gasteiger partial charge on any atom is 0.255 e. The Morgan fingerprint density at radius 2 is 2.07 bits per heavy atom. The number of nitrogen functional groups attached to an aromatic ring is 1. The van der Waals surface area contributed by atoms with Crippen LogP contribution in [0.3, 0.4) is 0 Å². The number of hydrogen-bond acceptors (Lipinski definition) is 4. The number of nitrogens with zero attached hydrogens (tertiary/aromatic N) is 3. The quantitative estimate of drug-likeness (QED) is 0.667. The van der Waals surface area contributed by atoms with Crippen LogP contribution in [0.5, 0.6) is 0 Å². The summed E-state index contributed by atoms with van der Waals surface area (Å²) in [6, 6.07) is 15.7. The van der Waals surface area contributed by atoms with E-state index in [0.717, 1.165) is 42.2 Å². The number of amides is 1. The van der Waals surface area contributed by atoms with Crippen molar-refractivity contribution in [3.63, 3.8) is 0 Å². The number of pyridine rings is 2. The number of anilines is 1. The molecule has 0 bridgehead atoms. The molecule has 0 spiro atoms. The van der Waals surface area contributed by atoms with E-state index in [9.17, 15) is 4.79 Å². The third-order valence-corrected chi connectivity index (χ3v) is 5.73. The van der Waals surface area contributed by atoms with Crippen LogP contribution in [0.25, 0.3) is 0 Å². The molecule has 154 valence electrons. The zero-order chi connectivity index (χ0) is 21.1. The fourth-order valence-corrected chi connectivity index (χ4v) is 4.29. The zero-order valence-corrected chi connectivity index (χ0v) is 17.8. The summed E-state index contributed by atoms with van der Waals surface area (Å²) in [6.07, 6.45) is 4.34. The van der Waals surface area contributed by atoms with E-state index in [4.69, 9.17) is 22.3 Å². The molecular weight excluding hydrogens is 396 g/mol. The largest absolute Gasteiger partial charge is 0.384 e. The first-order chi connectivity index (χ1) is 14.5. The van der Waals surface area contributed by atoms with E-state index in [-0.39, 0.29) is 11.8 Å². The number of likely N-dealkylation sites (tertiary alicyclic amines) is 1. The molecule has 1 amide bonds. The van der Waals surface area contributed by atoms with Gasteiger partial charge in [0.2, 0.25) is 0 Å². The number of benzene rings is 1. The van der Waals surface area contributed by atoms with Gasteiger partial charge in [-0.05, 0) is 73.7 Å². The Kier molecular flexibility index (Phi) is 6.00. The second-order valence-corrected chi connectivity index (χ2v) is 8.35. The van der Waals surface area contributed by atoms with Crippen molar-refractivity contribution < 1.29 is 4.79 Å². The Morgan fingerprint density at radius 1 is 1.20 bits per heavy atom. The molecule has 1 aliphatic heterocycles. The van der Waals surface area contributed by atoms with Crippen LogP contribution in [-0.2, 0) is 6.42 Å². The molecule has 0 saturated carbocycles. The van der Waals surface area contributed by atoms with Gasteiger partial charge in [-0.25, -0.2) is 4.98 Å². The molecule has 1 aliphatic rings. The fourth-order valence-electron chi connectivity index (χ4n) is 4.08. The number of rotatable bonds is 4. The van der Waals surface area contributed by atoms with Crippen molar-refractivity contribution >= 4 is 23.3 Å². The minimum absolute atomic E-state index is 0.000922. The molecule has 6 heteroatoms. The molecule has 1 fully saturated rings. The summed E-state index contributed by atoms with van der Waals surface area (Å²) in [6.45, 7) is 3.44. The van der Waals surface area contributed by atoms with Gasteiger partial charge in [0.25, 0.3) is 5.91 Å². The van der Waals surface area contributed by atoms with Crippen molar-refractivity contribution in [2.45, 2.75) is 32.1 Å². The highest BCUT2D eigenvalue weighted by atomic mass is 35.5. The van der Waals surface area contributed by atoms with E-state index >= 15 is 0 Å². The van der Waals surface area contributed by atoms with Crippen LogP contribution in [0.1, 0.15) is 51.6 Å². The number of carbonyl (C=O) groups excluding carboxylic acids is 1. The molecule has 0 radical (unpaired) electrons. The number of aryl methyl sites for hydroxylation is 1. The summed E-state index contributed by atoms with van der Waals surface area (Å²) in [5.41, 5.74) is 10.7. The van der Waals surface area contributed by atoms with E-state index in [2.05, 4.69) is 23.2 Å². The lowest BCUT2D eigenvalue weighted by atomic mass is 9.92. The number of piperidine rings is 1. The standard InChI is InChI=1S/C24H25ClN4O/c1-16-10-18(11-17-4-2-6-21(25)12-17)13-22(28-16)20-5-3-9-29(15-20)24(30)19-7-8-23(26)27-14-19/h2,4,6-8,10,12-14,20H,3,5,9,11,15H2,1H3,(H2,26,27). The molecule has 1 aromatic carbocycles. The summed E-state index contributed by atoms with van der Waals surface area (Å²) in [5, 5.41) is 0.747. The highest BCUT2D eigenvalue weighted by Crippen LogP contribution is 2.28. The Labute approximate surface area is 181 Å². The average Bonchev–Trinajstić information content (AvgIpc) is 2.73. The van der Waals surface area contributed by atoms with Crippen molar-refractivity contribution in [1.29, 1.82) is 0 Å². The lowest BCUT2D eigenvalue weighted by molar-refractivity contribution is 0.0705. The minimum atomic E-state index is -0.000922. The van der Waals surface area contributed by atoms with Crippen molar-refractivity contribution in [3.05, 3.63) is 87.8 Å². The summed E-state index contributed by atoms with van der Waals surface area (Å²) >= 11 is 6.14. The number of aromatic nitrogens is 2. The normalized spacial score (nSPS) is 16.5. The zero-order valence-electron chi connectivity index (χ0n) is 17.0. The Morgan fingerprint density at radius 3 is 2.83 bits per heavy atom. The first-order valence-corrected chi connectivity index (χ1v) is 10.6. The van der Waals surface area contributed by atoms with Gasteiger partial charge in [-0.15, -0.1) is 0 Å². The first-order valence-electron chi connectivity index (χ1n) is 10.2. The van der Waals surface area contributed by atoms with Crippen LogP contribution in [0.2, 0.25) is 5.02 Å². The number of halogens is 1. The van der Waals surface area contributed by atoms with E-state index in [1.54, 1.807) is 18.3 Å². The van der Waals surface area contributed by atoms with Crippen molar-refractivity contribution in [1.82, 2.24) is 14.9 Å². The van der Waals surface area contributed by atoms with Crippen molar-refractivity contribution in [2.24, 2.45) is 0 Å². The predicted octanol–water partition coefficient (Wildman–Crippen LogP) is 4.63. The lowest BCUT2D eigenvalue weighted by Gasteiger charge is -2.33. The van der Waals surface area contributed by atoms with Crippen LogP contribution in [-0.4, -0.2) is 33.9 Å². The molecule has 1 atom stereocenters. The summed E-state index contributed by atoms with van der Waals surface area (Å²) in [7, 11) is 0. The Balaban J connectivity index is 1.52. The topological polar surface area (TPSA) is 72.1 Å². The molecule has 2 aromatic heterocycles. The Bertz CT molecular complexity index is 1050. The first kappa shape index (κ1) is 20.4. The molecular formula is C24H25ClN4O. The van der Waals surface area contributed by atoms with Crippen LogP contribution in [0.15, 0.2) is 54.7 Å². The van der Waals surface area contributed by atoms with Gasteiger partial charge >= 0.3 is 0 Å². The maximum absolute atomic E-state index is 12.9. The third-order valence-electron chi connectivity index (χ3n) is 5.49. The third kappa shape index (κ3) is 4.79. The van der Waals surface area contributed by atoms with Gasteiger partial charge < -0.3 is 10.6 Å². The molecule has 0 aliphatic carbocycles. The molecule has 3 aromatic rings. The van der Waals surface area contributed by atoms with Crippen LogP contribution in [0.4, 0.5) is 5.82 Å². The highest BCUT2D eigenvalue weighted by Gasteiger charge is 2.26.